The molecule has 0 aliphatic rings. The van der Waals surface area contributed by atoms with Crippen molar-refractivity contribution in [3.8, 4) is 22.3 Å². The lowest BCUT2D eigenvalue weighted by Crippen LogP contribution is -1.88. The van der Waals surface area contributed by atoms with Gasteiger partial charge < -0.3 is 4.98 Å². The van der Waals surface area contributed by atoms with E-state index >= 15 is 0 Å². The first-order chi connectivity index (χ1) is 12.3. The van der Waals surface area contributed by atoms with Crippen LogP contribution >= 0.6 is 0 Å². The molecule has 1 N–H and O–H groups in total. The van der Waals surface area contributed by atoms with Gasteiger partial charge in [-0.05, 0) is 42.8 Å². The van der Waals surface area contributed by atoms with Crippen molar-refractivity contribution in [2.45, 2.75) is 6.92 Å². The van der Waals surface area contributed by atoms with E-state index in [9.17, 15) is 0 Å². The normalized spacial score (nSPS) is 11.4. The lowest BCUT2D eigenvalue weighted by Gasteiger charge is -2.06. The fourth-order valence-corrected chi connectivity index (χ4v) is 3.27. The molecule has 0 saturated carbocycles. The van der Waals surface area contributed by atoms with E-state index in [0.717, 1.165) is 44.5 Å². The second-order valence-corrected chi connectivity index (χ2v) is 6.07. The Kier molecular flexibility index (Phi) is 2.94. The van der Waals surface area contributed by atoms with Gasteiger partial charge in [0, 0.05) is 58.8 Å². The lowest BCUT2D eigenvalue weighted by molar-refractivity contribution is 0.962. The molecule has 0 amide bonds. The molecule has 5 aromatic heterocycles. The highest BCUT2D eigenvalue weighted by Gasteiger charge is 2.11. The number of nitrogens with zero attached hydrogens (tertiary/aromatic N) is 4. The highest BCUT2D eigenvalue weighted by atomic mass is 15.2. The molecule has 0 spiro atoms. The van der Waals surface area contributed by atoms with Crippen molar-refractivity contribution in [1.82, 2.24) is 24.6 Å². The summed E-state index contributed by atoms with van der Waals surface area (Å²) >= 11 is 0. The first-order valence-corrected chi connectivity index (χ1v) is 8.12. The van der Waals surface area contributed by atoms with Gasteiger partial charge in [-0.25, -0.2) is 9.50 Å². The molecule has 25 heavy (non-hydrogen) atoms. The summed E-state index contributed by atoms with van der Waals surface area (Å²) in [5.41, 5.74) is 7.41. The molecule has 0 aliphatic heterocycles. The summed E-state index contributed by atoms with van der Waals surface area (Å²) < 4.78 is 1.86. The molecule has 5 rings (SSSR count). The third-order valence-corrected chi connectivity index (χ3v) is 4.56. The number of fused-ring (bicyclic) bond motifs is 2. The van der Waals surface area contributed by atoms with E-state index in [4.69, 9.17) is 0 Å². The Hall–Kier alpha value is -3.47. The van der Waals surface area contributed by atoms with Gasteiger partial charge in [0.2, 0.25) is 0 Å². The molecule has 5 nitrogen and oxygen atoms in total. The molecular weight excluding hydrogens is 310 g/mol. The molecule has 0 fully saturated rings. The monoisotopic (exact) mass is 325 g/mol. The summed E-state index contributed by atoms with van der Waals surface area (Å²) in [5.74, 6) is 0. The van der Waals surface area contributed by atoms with Crippen LogP contribution in [0.2, 0.25) is 0 Å². The molecule has 120 valence electrons. The van der Waals surface area contributed by atoms with E-state index in [2.05, 4.69) is 44.3 Å². The number of aromatic nitrogens is 5. The Bertz CT molecular complexity index is 1220. The number of hydrogen-bond acceptors (Lipinski definition) is 3. The van der Waals surface area contributed by atoms with Crippen LogP contribution < -0.4 is 0 Å². The summed E-state index contributed by atoms with van der Waals surface area (Å²) in [6.07, 6.45) is 9.51. The highest BCUT2D eigenvalue weighted by Crippen LogP contribution is 2.32. The second kappa shape index (κ2) is 5.27. The lowest BCUT2D eigenvalue weighted by atomic mass is 10.0. The molecule has 0 aromatic carbocycles. The first-order valence-electron chi connectivity index (χ1n) is 8.12. The molecule has 0 radical (unpaired) electrons. The molecule has 5 heteroatoms. The van der Waals surface area contributed by atoms with E-state index in [1.165, 1.54) is 0 Å². The SMILES string of the molecule is Cc1ncccc1-c1cnc2[nH]cc(-c3ccn4nccc4c3)c2c1. The van der Waals surface area contributed by atoms with Gasteiger partial charge in [-0.15, -0.1) is 0 Å². The van der Waals surface area contributed by atoms with Crippen molar-refractivity contribution in [1.29, 1.82) is 0 Å². The van der Waals surface area contributed by atoms with Crippen molar-refractivity contribution in [2.75, 3.05) is 0 Å². The second-order valence-electron chi connectivity index (χ2n) is 6.07. The summed E-state index contributed by atoms with van der Waals surface area (Å²) in [6, 6.07) is 12.4. The minimum absolute atomic E-state index is 0.883. The molecule has 0 atom stereocenters. The van der Waals surface area contributed by atoms with Gasteiger partial charge in [0.25, 0.3) is 0 Å². The fraction of sp³-hybridized carbons (Fsp3) is 0.0500. The van der Waals surface area contributed by atoms with E-state index in [1.54, 1.807) is 6.20 Å². The summed E-state index contributed by atoms with van der Waals surface area (Å²) in [5, 5.41) is 5.36. The molecule has 5 aromatic rings. The van der Waals surface area contributed by atoms with Crippen LogP contribution in [0.15, 0.2) is 67.4 Å². The van der Waals surface area contributed by atoms with Gasteiger partial charge in [-0.3, -0.25) is 4.98 Å². The van der Waals surface area contributed by atoms with Gasteiger partial charge in [-0.1, -0.05) is 6.07 Å². The third kappa shape index (κ3) is 2.21. The van der Waals surface area contributed by atoms with E-state index in [-0.39, 0.29) is 0 Å². The van der Waals surface area contributed by atoms with Crippen LogP contribution in [0.1, 0.15) is 5.69 Å². The van der Waals surface area contributed by atoms with Gasteiger partial charge >= 0.3 is 0 Å². The van der Waals surface area contributed by atoms with Crippen LogP contribution in [-0.4, -0.2) is 24.6 Å². The Morgan fingerprint density at radius 3 is 2.84 bits per heavy atom. The number of rotatable bonds is 2. The minimum atomic E-state index is 0.883. The summed E-state index contributed by atoms with van der Waals surface area (Å²) in [6.45, 7) is 2.02. The maximum absolute atomic E-state index is 4.60. The summed E-state index contributed by atoms with van der Waals surface area (Å²) in [7, 11) is 0. The Balaban J connectivity index is 1.71. The van der Waals surface area contributed by atoms with Crippen molar-refractivity contribution < 1.29 is 0 Å². The van der Waals surface area contributed by atoms with Crippen LogP contribution in [-0.2, 0) is 0 Å². The topological polar surface area (TPSA) is 58.9 Å². The Morgan fingerprint density at radius 1 is 0.960 bits per heavy atom. The highest BCUT2D eigenvalue weighted by molar-refractivity contribution is 5.96. The maximum atomic E-state index is 4.60. The number of H-pyrrole nitrogens is 1. The van der Waals surface area contributed by atoms with E-state index < -0.39 is 0 Å². The zero-order valence-corrected chi connectivity index (χ0v) is 13.6. The molecule has 0 bridgehead atoms. The molecule has 0 aliphatic carbocycles. The summed E-state index contributed by atoms with van der Waals surface area (Å²) in [4.78, 5) is 12.3. The van der Waals surface area contributed by atoms with Crippen LogP contribution in [0.5, 0.6) is 0 Å². The van der Waals surface area contributed by atoms with Gasteiger partial charge in [0.15, 0.2) is 0 Å². The number of nitrogens with one attached hydrogen (secondary N) is 1. The standard InChI is InChI=1S/C20H15N5/c1-13-17(3-2-6-21-13)15-10-18-19(12-23-20(18)22-11-15)14-5-8-25-16(9-14)4-7-24-25/h2-12H,1H3,(H,22,23). The minimum Gasteiger partial charge on any atom is -0.346 e. The average molecular weight is 325 g/mol. The maximum Gasteiger partial charge on any atom is 0.137 e. The van der Waals surface area contributed by atoms with Crippen LogP contribution in [0, 0.1) is 6.92 Å². The van der Waals surface area contributed by atoms with Crippen LogP contribution in [0.3, 0.4) is 0 Å². The smallest absolute Gasteiger partial charge is 0.137 e. The van der Waals surface area contributed by atoms with Gasteiger partial charge in [-0.2, -0.15) is 5.10 Å². The predicted octanol–water partition coefficient (Wildman–Crippen LogP) is 4.25. The van der Waals surface area contributed by atoms with Crippen molar-refractivity contribution in [2.24, 2.45) is 0 Å². The Labute approximate surface area is 144 Å². The van der Waals surface area contributed by atoms with Crippen molar-refractivity contribution >= 4 is 16.6 Å². The zero-order valence-electron chi connectivity index (χ0n) is 13.6. The number of hydrogen-bond donors (Lipinski definition) is 1. The number of aryl methyl sites for hydroxylation is 1. The predicted molar refractivity (Wildman–Crippen MR) is 98.2 cm³/mol. The zero-order chi connectivity index (χ0) is 16.8. The van der Waals surface area contributed by atoms with E-state index in [0.29, 0.717) is 0 Å². The number of pyridine rings is 3. The van der Waals surface area contributed by atoms with Crippen molar-refractivity contribution in [3.05, 3.63) is 73.1 Å². The molecule has 0 unspecified atom stereocenters. The fourth-order valence-electron chi connectivity index (χ4n) is 3.27. The first kappa shape index (κ1) is 13.9. The molecular formula is C20H15N5. The van der Waals surface area contributed by atoms with Crippen LogP contribution in [0.25, 0.3) is 38.8 Å². The Morgan fingerprint density at radius 2 is 1.92 bits per heavy atom. The molecule has 0 saturated heterocycles. The van der Waals surface area contributed by atoms with Gasteiger partial charge in [0.05, 0.1) is 5.52 Å². The van der Waals surface area contributed by atoms with Crippen molar-refractivity contribution in [3.63, 3.8) is 0 Å². The quantitative estimate of drug-likeness (QED) is 0.528. The average Bonchev–Trinajstić information content (AvgIpc) is 3.27. The van der Waals surface area contributed by atoms with Gasteiger partial charge in [0.1, 0.15) is 5.65 Å². The third-order valence-electron chi connectivity index (χ3n) is 4.56. The molecule has 5 heterocycles. The number of aromatic amines is 1. The largest absolute Gasteiger partial charge is 0.346 e. The van der Waals surface area contributed by atoms with Crippen LogP contribution in [0.4, 0.5) is 0 Å². The van der Waals surface area contributed by atoms with E-state index in [1.807, 2.05) is 48.4 Å².